The Morgan fingerprint density at radius 3 is 2.96 bits per heavy atom. The van der Waals surface area contributed by atoms with Gasteiger partial charge in [0.05, 0.1) is 11.8 Å². The lowest BCUT2D eigenvalue weighted by Gasteiger charge is -2.21. The van der Waals surface area contributed by atoms with E-state index < -0.39 is 5.76 Å². The summed E-state index contributed by atoms with van der Waals surface area (Å²) in [5, 5.41) is 7.87. The second-order valence-electron chi connectivity index (χ2n) is 6.03. The minimum atomic E-state index is -0.589. The molecule has 1 saturated heterocycles. The van der Waals surface area contributed by atoms with Crippen molar-refractivity contribution in [3.05, 3.63) is 34.3 Å². The number of rotatable bonds is 6. The van der Waals surface area contributed by atoms with Gasteiger partial charge in [0.2, 0.25) is 0 Å². The van der Waals surface area contributed by atoms with Crippen molar-refractivity contribution in [2.45, 2.75) is 25.8 Å². The van der Waals surface area contributed by atoms with Crippen LogP contribution in [0, 0.1) is 5.92 Å². The summed E-state index contributed by atoms with van der Waals surface area (Å²) < 4.78 is 11.6. The molecule has 1 aliphatic heterocycles. The Bertz CT molecular complexity index is 728. The van der Waals surface area contributed by atoms with Gasteiger partial charge in [0.1, 0.15) is 0 Å². The molecule has 3 heterocycles. The molecule has 1 aliphatic rings. The van der Waals surface area contributed by atoms with Crippen molar-refractivity contribution in [3.63, 3.8) is 0 Å². The maximum Gasteiger partial charge on any atom is 0.438 e. The van der Waals surface area contributed by atoms with Crippen LogP contribution >= 0.6 is 0 Å². The van der Waals surface area contributed by atoms with Crippen molar-refractivity contribution in [3.8, 4) is 0 Å². The van der Waals surface area contributed by atoms with E-state index in [4.69, 9.17) is 4.74 Å². The van der Waals surface area contributed by atoms with E-state index in [1.807, 2.05) is 4.68 Å². The molecule has 9 nitrogen and oxygen atoms in total. The standard InChI is InChI=1S/C15H21N5O4/c1-19(5-2-13-17-15(22)24-18-13)14(21)12-8-16-20(10-12)9-11-3-6-23-7-4-11/h8,10-11H,2-7,9H2,1H3,(H,17,18,22). The van der Waals surface area contributed by atoms with E-state index in [1.165, 1.54) is 0 Å². The lowest BCUT2D eigenvalue weighted by molar-refractivity contribution is 0.0601. The average molecular weight is 335 g/mol. The topological polar surface area (TPSA) is 106 Å². The number of hydrogen-bond acceptors (Lipinski definition) is 6. The van der Waals surface area contributed by atoms with Crippen LogP contribution in [0.25, 0.3) is 0 Å². The van der Waals surface area contributed by atoms with Crippen LogP contribution < -0.4 is 5.76 Å². The molecular formula is C15H21N5O4. The maximum atomic E-state index is 12.4. The van der Waals surface area contributed by atoms with Crippen molar-refractivity contribution < 1.29 is 14.1 Å². The Kier molecular flexibility index (Phi) is 5.09. The number of likely N-dealkylation sites (N-methyl/N-ethyl adjacent to an activating group) is 1. The highest BCUT2D eigenvalue weighted by atomic mass is 16.5. The maximum absolute atomic E-state index is 12.4. The second-order valence-corrected chi connectivity index (χ2v) is 6.03. The van der Waals surface area contributed by atoms with Crippen molar-refractivity contribution in [2.75, 3.05) is 26.8 Å². The number of hydrogen-bond donors (Lipinski definition) is 1. The number of aromatic amines is 1. The molecule has 0 spiro atoms. The fraction of sp³-hybridized carbons (Fsp3) is 0.600. The first-order valence-electron chi connectivity index (χ1n) is 8.02. The molecule has 130 valence electrons. The first-order valence-corrected chi connectivity index (χ1v) is 8.02. The van der Waals surface area contributed by atoms with Gasteiger partial charge in [-0.1, -0.05) is 5.16 Å². The number of nitrogens with one attached hydrogen (secondary N) is 1. The van der Waals surface area contributed by atoms with Crippen molar-refractivity contribution >= 4 is 5.91 Å². The van der Waals surface area contributed by atoms with Gasteiger partial charge in [0, 0.05) is 46.0 Å². The van der Waals surface area contributed by atoms with E-state index in [2.05, 4.69) is 19.8 Å². The van der Waals surface area contributed by atoms with Gasteiger partial charge in [-0.2, -0.15) is 5.10 Å². The summed E-state index contributed by atoms with van der Waals surface area (Å²) in [5.74, 6) is 0.269. The number of ether oxygens (including phenoxy) is 1. The highest BCUT2D eigenvalue weighted by Gasteiger charge is 2.18. The molecule has 0 bridgehead atoms. The predicted molar refractivity (Wildman–Crippen MR) is 83.6 cm³/mol. The molecule has 2 aromatic heterocycles. The zero-order chi connectivity index (χ0) is 16.9. The van der Waals surface area contributed by atoms with Crippen LogP contribution in [0.3, 0.4) is 0 Å². The number of carbonyl (C=O) groups is 1. The zero-order valence-corrected chi connectivity index (χ0v) is 13.6. The van der Waals surface area contributed by atoms with Crippen LogP contribution in [0.15, 0.2) is 21.7 Å². The molecule has 1 N–H and O–H groups in total. The Morgan fingerprint density at radius 1 is 1.46 bits per heavy atom. The summed E-state index contributed by atoms with van der Waals surface area (Å²) in [4.78, 5) is 27.3. The number of aromatic nitrogens is 4. The summed E-state index contributed by atoms with van der Waals surface area (Å²) in [6.45, 7) is 2.82. The molecule has 0 aliphatic carbocycles. The molecule has 0 atom stereocenters. The molecule has 24 heavy (non-hydrogen) atoms. The first kappa shape index (κ1) is 16.4. The Morgan fingerprint density at radius 2 is 2.25 bits per heavy atom. The van der Waals surface area contributed by atoms with E-state index in [-0.39, 0.29) is 5.91 Å². The van der Waals surface area contributed by atoms with Crippen LogP contribution in [0.4, 0.5) is 0 Å². The van der Waals surface area contributed by atoms with Gasteiger partial charge in [-0.3, -0.25) is 19.0 Å². The van der Waals surface area contributed by atoms with Crippen molar-refractivity contribution in [1.82, 2.24) is 24.8 Å². The van der Waals surface area contributed by atoms with Crippen LogP contribution in [0.1, 0.15) is 29.0 Å². The first-order chi connectivity index (χ1) is 11.6. The smallest absolute Gasteiger partial charge is 0.381 e. The molecular weight excluding hydrogens is 314 g/mol. The van der Waals surface area contributed by atoms with Crippen LogP contribution in [0.5, 0.6) is 0 Å². The number of H-pyrrole nitrogens is 1. The molecule has 1 amide bonds. The minimum Gasteiger partial charge on any atom is -0.381 e. The molecule has 3 rings (SSSR count). The average Bonchev–Trinajstić information content (AvgIpc) is 3.22. The highest BCUT2D eigenvalue weighted by molar-refractivity contribution is 5.93. The van der Waals surface area contributed by atoms with Crippen LogP contribution in [-0.4, -0.2) is 57.5 Å². The third-order valence-electron chi connectivity index (χ3n) is 4.18. The molecule has 0 unspecified atom stereocenters. The summed E-state index contributed by atoms with van der Waals surface area (Å²) in [5.41, 5.74) is 0.554. The van der Waals surface area contributed by atoms with Crippen LogP contribution in [0.2, 0.25) is 0 Å². The molecule has 0 aromatic carbocycles. The molecule has 0 saturated carbocycles. The van der Waals surface area contributed by atoms with Gasteiger partial charge in [0.25, 0.3) is 5.91 Å². The summed E-state index contributed by atoms with van der Waals surface area (Å²) in [7, 11) is 1.70. The fourth-order valence-electron chi connectivity index (χ4n) is 2.73. The van der Waals surface area contributed by atoms with Crippen molar-refractivity contribution in [2.24, 2.45) is 5.92 Å². The Labute approximate surface area is 138 Å². The van der Waals surface area contributed by atoms with Gasteiger partial charge >= 0.3 is 5.76 Å². The lowest BCUT2D eigenvalue weighted by atomic mass is 10.0. The summed E-state index contributed by atoms with van der Waals surface area (Å²) >= 11 is 0. The quantitative estimate of drug-likeness (QED) is 0.814. The van der Waals surface area contributed by atoms with Gasteiger partial charge in [-0.25, -0.2) is 4.79 Å². The molecule has 9 heteroatoms. The monoisotopic (exact) mass is 335 g/mol. The number of carbonyl (C=O) groups excluding carboxylic acids is 1. The van der Waals surface area contributed by atoms with E-state index in [0.717, 1.165) is 32.6 Å². The number of nitrogens with zero attached hydrogens (tertiary/aromatic N) is 4. The van der Waals surface area contributed by atoms with Crippen molar-refractivity contribution in [1.29, 1.82) is 0 Å². The SMILES string of the molecule is CN(CCc1noc(=O)[nH]1)C(=O)c1cnn(CC2CCOCC2)c1. The van der Waals surface area contributed by atoms with Gasteiger partial charge in [-0.15, -0.1) is 0 Å². The van der Waals surface area contributed by atoms with E-state index in [0.29, 0.717) is 30.3 Å². The third kappa shape index (κ3) is 4.10. The number of amides is 1. The second kappa shape index (κ2) is 7.43. The fourth-order valence-corrected chi connectivity index (χ4v) is 2.73. The molecule has 1 fully saturated rings. The van der Waals surface area contributed by atoms with E-state index >= 15 is 0 Å². The summed E-state index contributed by atoms with van der Waals surface area (Å²) in [6, 6.07) is 0. The summed E-state index contributed by atoms with van der Waals surface area (Å²) in [6.07, 6.45) is 5.85. The lowest BCUT2D eigenvalue weighted by Crippen LogP contribution is -2.29. The normalized spacial score (nSPS) is 15.5. The third-order valence-corrected chi connectivity index (χ3v) is 4.18. The van der Waals surface area contributed by atoms with Gasteiger partial charge in [0.15, 0.2) is 5.82 Å². The minimum absolute atomic E-state index is 0.112. The van der Waals surface area contributed by atoms with Gasteiger partial charge < -0.3 is 9.64 Å². The zero-order valence-electron chi connectivity index (χ0n) is 13.6. The highest BCUT2D eigenvalue weighted by Crippen LogP contribution is 2.17. The Balaban J connectivity index is 1.53. The van der Waals surface area contributed by atoms with Gasteiger partial charge in [-0.05, 0) is 18.8 Å². The van der Waals surface area contributed by atoms with E-state index in [9.17, 15) is 9.59 Å². The molecule has 0 radical (unpaired) electrons. The molecule has 2 aromatic rings. The largest absolute Gasteiger partial charge is 0.438 e. The predicted octanol–water partition coefficient (Wildman–Crippen LogP) is 0.301. The Hall–Kier alpha value is -2.42. The van der Waals surface area contributed by atoms with E-state index in [1.54, 1.807) is 24.3 Å². The van der Waals surface area contributed by atoms with Crippen LogP contribution in [-0.2, 0) is 17.7 Å².